The molecule has 0 aromatic heterocycles. The first-order valence-corrected chi connectivity index (χ1v) is 4.35. The third kappa shape index (κ3) is 36.4. The van der Waals surface area contributed by atoms with Gasteiger partial charge in [-0.3, -0.25) is 0 Å². The summed E-state index contributed by atoms with van der Waals surface area (Å²) in [4.78, 5) is 52.3. The topological polar surface area (TPSA) is 209 Å². The Morgan fingerprint density at radius 2 is 0.636 bits per heavy atom. The maximum atomic E-state index is 9.40. The summed E-state index contributed by atoms with van der Waals surface area (Å²) in [6.07, 6.45) is 0. The Hall–Kier alpha value is -1.20. The van der Waals surface area contributed by atoms with Gasteiger partial charge in [-0.15, -0.1) is 40.5 Å². The van der Waals surface area contributed by atoms with E-state index >= 15 is 0 Å². The molecule has 0 aliphatic carbocycles. The second kappa shape index (κ2) is 19.8. The minimum atomic E-state index is -1.05. The minimum absolute atomic E-state index is 0. The van der Waals surface area contributed by atoms with Crippen molar-refractivity contribution in [1.82, 2.24) is 0 Å². The van der Waals surface area contributed by atoms with E-state index in [1.54, 1.807) is 0 Å². The van der Waals surface area contributed by atoms with Crippen molar-refractivity contribution < 1.29 is 39.7 Å². The van der Waals surface area contributed by atoms with Gasteiger partial charge in [-0.2, -0.15) is 0 Å². The molecule has 0 rings (SSSR count). The fourth-order valence-electron chi connectivity index (χ4n) is 0.447. The van der Waals surface area contributed by atoms with E-state index in [0.29, 0.717) is 0 Å². The van der Waals surface area contributed by atoms with Gasteiger partial charge in [-0.1, -0.05) is 0 Å². The van der Waals surface area contributed by atoms with Crippen molar-refractivity contribution in [3.05, 3.63) is 40.5 Å². The normalized spacial score (nSPS) is 7.64. The molecule has 120 valence electrons. The summed E-state index contributed by atoms with van der Waals surface area (Å²) in [5.41, 5.74) is 0. The fraction of sp³-hybridized carbons (Fsp3) is 1.00. The molecule has 0 atom stereocenters. The van der Waals surface area contributed by atoms with Gasteiger partial charge in [0.1, 0.15) is 26.4 Å². The molecule has 0 bridgehead atoms. The molecule has 0 fully saturated rings. The molecule has 0 saturated heterocycles. The zero-order valence-electron chi connectivity index (χ0n) is 9.52. The molecule has 0 heterocycles. The zero-order valence-corrected chi connectivity index (χ0v) is 9.52. The molecule has 0 N–H and O–H groups in total. The van der Waals surface area contributed by atoms with Gasteiger partial charge >= 0.3 is 59.1 Å². The molecule has 0 unspecified atom stereocenters. The van der Waals surface area contributed by atoms with E-state index in [9.17, 15) is 40.5 Å². The van der Waals surface area contributed by atoms with Gasteiger partial charge in [0.15, 0.2) is 0 Å². The van der Waals surface area contributed by atoms with Crippen LogP contribution in [-0.2, 0) is 19.4 Å². The van der Waals surface area contributed by atoms with Crippen molar-refractivity contribution in [1.29, 1.82) is 0 Å². The van der Waals surface area contributed by atoms with Crippen LogP contribution >= 0.6 is 0 Å². The Morgan fingerprint density at radius 1 is 0.500 bits per heavy atom. The molecule has 0 aliphatic rings. The SMILES string of the molecule is O=[N+]([O-])OCCO[N+](=O)[O-].O=[N+]([O-])OCCO[N+](=O)[O-].[NaH].[NaH]. The van der Waals surface area contributed by atoms with Crippen LogP contribution in [-0.4, -0.2) is 106 Å². The van der Waals surface area contributed by atoms with Gasteiger partial charge < -0.3 is 19.4 Å². The van der Waals surface area contributed by atoms with Crippen LogP contribution in [0.1, 0.15) is 0 Å². The Balaban J connectivity index is -0.000000135. The Labute approximate surface area is 165 Å². The van der Waals surface area contributed by atoms with Crippen molar-refractivity contribution in [2.75, 3.05) is 26.4 Å². The van der Waals surface area contributed by atoms with Crippen molar-refractivity contribution in [3.8, 4) is 0 Å². The van der Waals surface area contributed by atoms with Gasteiger partial charge in [0, 0.05) is 0 Å². The summed E-state index contributed by atoms with van der Waals surface area (Å²) in [6.45, 7) is -1.75. The third-order valence-electron chi connectivity index (χ3n) is 0.953. The molecule has 0 aromatic carbocycles. The summed E-state index contributed by atoms with van der Waals surface area (Å²) in [5, 5.41) is 33.4. The summed E-state index contributed by atoms with van der Waals surface area (Å²) >= 11 is 0. The number of hydrogen-bond donors (Lipinski definition) is 0. The summed E-state index contributed by atoms with van der Waals surface area (Å²) in [6, 6.07) is 0. The van der Waals surface area contributed by atoms with Gasteiger partial charge in [0.05, 0.1) is 0 Å². The first-order valence-electron chi connectivity index (χ1n) is 4.35. The summed E-state index contributed by atoms with van der Waals surface area (Å²) < 4.78 is 0. The molecule has 22 heavy (non-hydrogen) atoms. The van der Waals surface area contributed by atoms with Crippen molar-refractivity contribution >= 4 is 59.1 Å². The van der Waals surface area contributed by atoms with E-state index < -0.39 is 46.8 Å². The standard InChI is InChI=1S/2C2H4N2O6.2Na.2H/c2*5-3(6)9-1-2-10-4(7)8;;;;/h2*1-2H2;;;;. The van der Waals surface area contributed by atoms with E-state index in [0.717, 1.165) is 0 Å². The summed E-state index contributed by atoms with van der Waals surface area (Å²) in [7, 11) is 0. The van der Waals surface area contributed by atoms with Crippen LogP contribution in [0.5, 0.6) is 0 Å². The van der Waals surface area contributed by atoms with E-state index in [-0.39, 0.29) is 59.1 Å². The van der Waals surface area contributed by atoms with E-state index in [2.05, 4.69) is 19.4 Å². The molecule has 0 aromatic rings. The van der Waals surface area contributed by atoms with Crippen LogP contribution in [0, 0.1) is 40.5 Å². The molecule has 0 radical (unpaired) electrons. The number of nitrogens with zero attached hydrogens (tertiary/aromatic N) is 4. The maximum absolute atomic E-state index is 9.40. The van der Waals surface area contributed by atoms with Gasteiger partial charge in [0.2, 0.25) is 0 Å². The fourth-order valence-corrected chi connectivity index (χ4v) is 0.447. The first-order chi connectivity index (χ1) is 9.25. The average molecular weight is 352 g/mol. The molecule has 16 nitrogen and oxygen atoms in total. The molecule has 0 amide bonds. The summed E-state index contributed by atoms with van der Waals surface area (Å²) in [5.74, 6) is 0. The monoisotopic (exact) mass is 352 g/mol. The molecule has 0 aliphatic heterocycles. The third-order valence-corrected chi connectivity index (χ3v) is 0.953. The van der Waals surface area contributed by atoms with Gasteiger partial charge in [0.25, 0.3) is 20.3 Å². The van der Waals surface area contributed by atoms with Crippen molar-refractivity contribution in [2.45, 2.75) is 0 Å². The predicted octanol–water partition coefficient (Wildman–Crippen LogP) is -2.49. The van der Waals surface area contributed by atoms with Gasteiger partial charge in [-0.05, 0) is 0 Å². The molecule has 0 spiro atoms. The van der Waals surface area contributed by atoms with E-state index in [4.69, 9.17) is 0 Å². The molecule has 18 heteroatoms. The first kappa shape index (κ1) is 28.9. The van der Waals surface area contributed by atoms with Crippen LogP contribution in [0.15, 0.2) is 0 Å². The predicted molar refractivity (Wildman–Crippen MR) is 66.1 cm³/mol. The second-order valence-electron chi connectivity index (χ2n) is 2.23. The van der Waals surface area contributed by atoms with Crippen molar-refractivity contribution in [2.24, 2.45) is 0 Å². The Bertz CT molecular complexity index is 277. The van der Waals surface area contributed by atoms with Crippen LogP contribution in [0.4, 0.5) is 0 Å². The quantitative estimate of drug-likeness (QED) is 0.173. The molecular weight excluding hydrogens is 342 g/mol. The van der Waals surface area contributed by atoms with Crippen LogP contribution in [0.25, 0.3) is 0 Å². The number of rotatable bonds is 10. The van der Waals surface area contributed by atoms with Crippen LogP contribution in [0.3, 0.4) is 0 Å². The van der Waals surface area contributed by atoms with E-state index in [1.165, 1.54) is 0 Å². The molecule has 0 saturated carbocycles. The van der Waals surface area contributed by atoms with Crippen molar-refractivity contribution in [3.63, 3.8) is 0 Å². The average Bonchev–Trinajstić information content (AvgIpc) is 2.30. The van der Waals surface area contributed by atoms with Crippen LogP contribution < -0.4 is 0 Å². The van der Waals surface area contributed by atoms with E-state index in [1.807, 2.05) is 0 Å². The second-order valence-corrected chi connectivity index (χ2v) is 2.23. The van der Waals surface area contributed by atoms with Gasteiger partial charge in [-0.25, -0.2) is 0 Å². The molecular formula is C4H10N4Na2O12. The number of hydrogen-bond acceptors (Lipinski definition) is 12. The zero-order chi connectivity index (χ0) is 16.0. The Morgan fingerprint density at radius 3 is 0.727 bits per heavy atom. The van der Waals surface area contributed by atoms with Crippen LogP contribution in [0.2, 0.25) is 0 Å². The Kier molecular flexibility index (Phi) is 26.0.